The number of hydrogen-bond acceptors (Lipinski definition) is 6. The van der Waals surface area contributed by atoms with Crippen LogP contribution in [0, 0.1) is 11.3 Å². The van der Waals surface area contributed by atoms with Crippen LogP contribution in [0.3, 0.4) is 0 Å². The fraction of sp³-hybridized carbons (Fsp3) is 0.286. The minimum absolute atomic E-state index is 0.0734. The average Bonchev–Trinajstić information content (AvgIpc) is 3.15. The number of aliphatic imine (C=N–C) groups is 1. The number of thioether (sulfide) groups is 1. The first-order valence-electron chi connectivity index (χ1n) is 8.95. The van der Waals surface area contributed by atoms with E-state index in [2.05, 4.69) is 11.1 Å². The molecule has 1 heterocycles. The van der Waals surface area contributed by atoms with Crippen molar-refractivity contribution in [3.8, 4) is 17.6 Å². The van der Waals surface area contributed by atoms with Crippen LogP contribution in [0.4, 0.5) is 5.69 Å². The number of hydrogen-bond donors (Lipinski definition) is 0. The van der Waals surface area contributed by atoms with Gasteiger partial charge in [-0.3, -0.25) is 9.69 Å². The maximum absolute atomic E-state index is 12.9. The third-order valence-corrected chi connectivity index (χ3v) is 5.47. The normalized spacial score (nSPS) is 17.4. The van der Waals surface area contributed by atoms with Gasteiger partial charge < -0.3 is 9.47 Å². The van der Waals surface area contributed by atoms with Crippen molar-refractivity contribution in [2.75, 3.05) is 19.5 Å². The van der Waals surface area contributed by atoms with Gasteiger partial charge in [0.05, 0.1) is 18.4 Å². The van der Waals surface area contributed by atoms with Gasteiger partial charge in [0.25, 0.3) is 5.91 Å². The highest BCUT2D eigenvalue weighted by atomic mass is 32.2. The van der Waals surface area contributed by atoms with E-state index in [1.54, 1.807) is 48.0 Å². The zero-order valence-electron chi connectivity index (χ0n) is 15.8. The molecule has 0 N–H and O–H groups in total. The third-order valence-electron chi connectivity index (χ3n) is 4.37. The lowest BCUT2D eigenvalue weighted by molar-refractivity contribution is -0.130. The van der Waals surface area contributed by atoms with Crippen LogP contribution in [0.15, 0.2) is 53.5 Å². The van der Waals surface area contributed by atoms with Gasteiger partial charge in [0.1, 0.15) is 17.6 Å². The fourth-order valence-corrected chi connectivity index (χ4v) is 4.12. The van der Waals surface area contributed by atoms with Crippen LogP contribution in [0.25, 0.3) is 0 Å². The van der Waals surface area contributed by atoms with E-state index in [1.165, 1.54) is 0 Å². The lowest BCUT2D eigenvalue weighted by atomic mass is 10.2. The van der Waals surface area contributed by atoms with Crippen molar-refractivity contribution in [2.24, 2.45) is 4.99 Å². The van der Waals surface area contributed by atoms with Crippen molar-refractivity contribution in [1.82, 2.24) is 4.90 Å². The third kappa shape index (κ3) is 4.46. The standard InChI is InChI=1S/C21H21N3O3S/c1-3-17-14-28-21(23-16-8-10-18(26-2)11-9-16)24(17)20(25)13-27-19-7-5-4-6-15(19)12-22/h4-11,17H,3,13-14H2,1-2H3/t17-/m1/s1. The Balaban J connectivity index is 1.76. The molecule has 6 nitrogen and oxygen atoms in total. The van der Waals surface area contributed by atoms with Gasteiger partial charge in [-0.15, -0.1) is 0 Å². The van der Waals surface area contributed by atoms with Crippen molar-refractivity contribution in [3.05, 3.63) is 54.1 Å². The number of para-hydroxylation sites is 1. The number of ether oxygens (including phenoxy) is 2. The van der Waals surface area contributed by atoms with Crippen LogP contribution in [-0.2, 0) is 4.79 Å². The SMILES string of the molecule is CC[C@@H]1CSC(=Nc2ccc(OC)cc2)N1C(=O)COc1ccccc1C#N. The monoisotopic (exact) mass is 395 g/mol. The van der Waals surface area contributed by atoms with E-state index in [0.29, 0.717) is 16.5 Å². The van der Waals surface area contributed by atoms with Crippen LogP contribution in [0.5, 0.6) is 11.5 Å². The Kier molecular flexibility index (Phi) is 6.56. The smallest absolute Gasteiger partial charge is 0.266 e. The molecule has 0 bridgehead atoms. The molecule has 1 aliphatic rings. The van der Waals surface area contributed by atoms with Gasteiger partial charge in [-0.2, -0.15) is 5.26 Å². The van der Waals surface area contributed by atoms with Crippen molar-refractivity contribution in [2.45, 2.75) is 19.4 Å². The zero-order chi connectivity index (χ0) is 19.9. The molecule has 144 valence electrons. The Labute approximate surface area is 168 Å². The summed E-state index contributed by atoms with van der Waals surface area (Å²) in [7, 11) is 1.62. The molecule has 0 radical (unpaired) electrons. The lowest BCUT2D eigenvalue weighted by Crippen LogP contribution is -2.41. The Morgan fingerprint density at radius 2 is 2.04 bits per heavy atom. The quantitative estimate of drug-likeness (QED) is 0.739. The van der Waals surface area contributed by atoms with E-state index in [9.17, 15) is 4.79 Å². The Bertz CT molecular complexity index is 906. The highest BCUT2D eigenvalue weighted by molar-refractivity contribution is 8.14. The number of nitriles is 1. The number of rotatable bonds is 6. The van der Waals surface area contributed by atoms with Gasteiger partial charge in [0.15, 0.2) is 11.8 Å². The molecule has 0 saturated carbocycles. The zero-order valence-corrected chi connectivity index (χ0v) is 16.6. The number of amidine groups is 1. The minimum atomic E-state index is -0.170. The number of nitrogens with zero attached hydrogens (tertiary/aromatic N) is 3. The first kappa shape index (κ1) is 19.8. The molecule has 28 heavy (non-hydrogen) atoms. The summed E-state index contributed by atoms with van der Waals surface area (Å²) in [5.74, 6) is 1.79. The first-order chi connectivity index (χ1) is 13.7. The van der Waals surface area contributed by atoms with E-state index in [1.807, 2.05) is 31.2 Å². The summed E-state index contributed by atoms with van der Waals surface area (Å²) in [5, 5.41) is 9.83. The minimum Gasteiger partial charge on any atom is -0.497 e. The second-order valence-electron chi connectivity index (χ2n) is 6.13. The van der Waals surface area contributed by atoms with E-state index < -0.39 is 0 Å². The number of methoxy groups -OCH3 is 1. The van der Waals surface area contributed by atoms with Gasteiger partial charge in [0.2, 0.25) is 0 Å². The number of carbonyl (C=O) groups excluding carboxylic acids is 1. The Hall–Kier alpha value is -2.98. The van der Waals surface area contributed by atoms with Crippen molar-refractivity contribution < 1.29 is 14.3 Å². The van der Waals surface area contributed by atoms with Crippen molar-refractivity contribution in [3.63, 3.8) is 0 Å². The molecule has 7 heteroatoms. The van der Waals surface area contributed by atoms with E-state index in [4.69, 9.17) is 14.7 Å². The van der Waals surface area contributed by atoms with Gasteiger partial charge in [-0.05, 0) is 42.8 Å². The molecule has 1 fully saturated rings. The Morgan fingerprint density at radius 1 is 1.29 bits per heavy atom. The topological polar surface area (TPSA) is 74.9 Å². The Morgan fingerprint density at radius 3 is 2.71 bits per heavy atom. The van der Waals surface area contributed by atoms with Gasteiger partial charge >= 0.3 is 0 Å². The fourth-order valence-electron chi connectivity index (χ4n) is 2.83. The molecule has 3 rings (SSSR count). The largest absolute Gasteiger partial charge is 0.497 e. The summed E-state index contributed by atoms with van der Waals surface area (Å²) in [5.41, 5.74) is 1.17. The molecule has 0 aliphatic carbocycles. The molecule has 1 atom stereocenters. The van der Waals surface area contributed by atoms with E-state index in [-0.39, 0.29) is 18.6 Å². The number of benzene rings is 2. The molecule has 0 unspecified atom stereocenters. The molecule has 1 aliphatic heterocycles. The number of carbonyl (C=O) groups is 1. The van der Waals surface area contributed by atoms with Gasteiger partial charge in [-0.25, -0.2) is 4.99 Å². The van der Waals surface area contributed by atoms with Crippen LogP contribution in [0.2, 0.25) is 0 Å². The van der Waals surface area contributed by atoms with Crippen molar-refractivity contribution >= 4 is 28.5 Å². The van der Waals surface area contributed by atoms with Crippen LogP contribution >= 0.6 is 11.8 Å². The predicted molar refractivity (Wildman–Crippen MR) is 110 cm³/mol. The molecule has 2 aromatic carbocycles. The molecular weight excluding hydrogens is 374 g/mol. The molecule has 0 spiro atoms. The second kappa shape index (κ2) is 9.29. The van der Waals surface area contributed by atoms with E-state index >= 15 is 0 Å². The summed E-state index contributed by atoms with van der Waals surface area (Å²) in [6, 6.07) is 16.4. The second-order valence-corrected chi connectivity index (χ2v) is 7.11. The van der Waals surface area contributed by atoms with Crippen LogP contribution < -0.4 is 9.47 Å². The summed E-state index contributed by atoms with van der Waals surface area (Å²) >= 11 is 1.56. The highest BCUT2D eigenvalue weighted by Crippen LogP contribution is 2.30. The molecule has 2 aromatic rings. The molecule has 1 saturated heterocycles. The maximum Gasteiger partial charge on any atom is 0.266 e. The van der Waals surface area contributed by atoms with E-state index in [0.717, 1.165) is 23.6 Å². The average molecular weight is 395 g/mol. The first-order valence-corrected chi connectivity index (χ1v) is 9.94. The van der Waals surface area contributed by atoms with Crippen LogP contribution in [0.1, 0.15) is 18.9 Å². The summed E-state index contributed by atoms with van der Waals surface area (Å²) in [6.45, 7) is 1.91. The number of amides is 1. The van der Waals surface area contributed by atoms with Crippen LogP contribution in [-0.4, -0.2) is 41.5 Å². The predicted octanol–water partition coefficient (Wildman–Crippen LogP) is 3.99. The van der Waals surface area contributed by atoms with Gasteiger partial charge in [0, 0.05) is 11.8 Å². The van der Waals surface area contributed by atoms with Gasteiger partial charge in [-0.1, -0.05) is 30.8 Å². The summed E-state index contributed by atoms with van der Waals surface area (Å²) in [4.78, 5) is 19.2. The highest BCUT2D eigenvalue weighted by Gasteiger charge is 2.34. The van der Waals surface area contributed by atoms with Crippen molar-refractivity contribution in [1.29, 1.82) is 5.26 Å². The summed E-state index contributed by atoms with van der Waals surface area (Å²) < 4.78 is 10.8. The molecule has 1 amide bonds. The maximum atomic E-state index is 12.9. The lowest BCUT2D eigenvalue weighted by Gasteiger charge is -2.23. The molecule has 0 aromatic heterocycles. The summed E-state index contributed by atoms with van der Waals surface area (Å²) in [6.07, 6.45) is 0.829. The molecular formula is C21H21N3O3S.